The smallest absolute Gasteiger partial charge is 0.238 e. The van der Waals surface area contributed by atoms with E-state index in [4.69, 9.17) is 4.74 Å². The van der Waals surface area contributed by atoms with E-state index in [2.05, 4.69) is 45.1 Å². The summed E-state index contributed by atoms with van der Waals surface area (Å²) in [6.07, 6.45) is 3.39. The molecule has 1 aromatic heterocycles. The topological polar surface area (TPSA) is 47.0 Å². The van der Waals surface area contributed by atoms with Crippen molar-refractivity contribution >= 4 is 15.9 Å². The third kappa shape index (κ3) is 5.10. The molecule has 2 rings (SSSR count). The molecule has 1 N–H and O–H groups in total. The standard InChI is InChI=1S/C16H20BrN3O/c1-11(2)7-18-8-13-9-19-10-16(20-13)21-14-4-5-15(17)12(3)6-14/h4-6,9-11,18H,7-8H2,1-3H3. The first kappa shape index (κ1) is 15.9. The highest BCUT2D eigenvalue weighted by molar-refractivity contribution is 9.10. The number of aryl methyl sites for hydroxylation is 1. The summed E-state index contributed by atoms with van der Waals surface area (Å²) in [5.74, 6) is 1.89. The van der Waals surface area contributed by atoms with Crippen molar-refractivity contribution in [3.8, 4) is 11.6 Å². The SMILES string of the molecule is Cc1cc(Oc2cncc(CNCC(C)C)n2)ccc1Br. The summed E-state index contributed by atoms with van der Waals surface area (Å²) in [4.78, 5) is 8.64. The quantitative estimate of drug-likeness (QED) is 0.853. The van der Waals surface area contributed by atoms with Gasteiger partial charge in [0.05, 0.1) is 11.9 Å². The summed E-state index contributed by atoms with van der Waals surface area (Å²) >= 11 is 3.47. The molecule has 0 aliphatic rings. The van der Waals surface area contributed by atoms with Crippen LogP contribution in [0.4, 0.5) is 0 Å². The first-order valence-corrected chi connectivity index (χ1v) is 7.79. The summed E-state index contributed by atoms with van der Waals surface area (Å²) < 4.78 is 6.82. The van der Waals surface area contributed by atoms with Gasteiger partial charge in [-0.3, -0.25) is 4.98 Å². The van der Waals surface area contributed by atoms with Crippen LogP contribution in [0, 0.1) is 12.8 Å². The summed E-state index contributed by atoms with van der Waals surface area (Å²) in [5, 5.41) is 3.34. The van der Waals surface area contributed by atoms with Crippen LogP contribution in [0.15, 0.2) is 35.1 Å². The minimum Gasteiger partial charge on any atom is -0.437 e. The molecule has 1 aromatic carbocycles. The number of aromatic nitrogens is 2. The Balaban J connectivity index is 2.01. The second kappa shape index (κ2) is 7.52. The Morgan fingerprint density at radius 3 is 2.81 bits per heavy atom. The second-order valence-electron chi connectivity index (χ2n) is 5.39. The molecule has 2 aromatic rings. The van der Waals surface area contributed by atoms with Gasteiger partial charge in [0.1, 0.15) is 5.75 Å². The largest absolute Gasteiger partial charge is 0.437 e. The highest BCUT2D eigenvalue weighted by Crippen LogP contribution is 2.24. The highest BCUT2D eigenvalue weighted by atomic mass is 79.9. The van der Waals surface area contributed by atoms with E-state index in [9.17, 15) is 0 Å². The molecule has 0 fully saturated rings. The fourth-order valence-corrected chi connectivity index (χ4v) is 2.06. The van der Waals surface area contributed by atoms with Crippen LogP contribution < -0.4 is 10.1 Å². The van der Waals surface area contributed by atoms with Gasteiger partial charge in [0, 0.05) is 17.2 Å². The van der Waals surface area contributed by atoms with Crippen LogP contribution in [0.5, 0.6) is 11.6 Å². The van der Waals surface area contributed by atoms with E-state index in [1.54, 1.807) is 12.4 Å². The molecule has 0 spiro atoms. The number of nitrogens with one attached hydrogen (secondary N) is 1. The van der Waals surface area contributed by atoms with E-state index < -0.39 is 0 Å². The number of nitrogens with zero attached hydrogens (tertiary/aromatic N) is 2. The summed E-state index contributed by atoms with van der Waals surface area (Å²) in [5.41, 5.74) is 2.00. The molecule has 0 atom stereocenters. The van der Waals surface area contributed by atoms with Crippen molar-refractivity contribution in [3.05, 3.63) is 46.3 Å². The molecule has 0 bridgehead atoms. The van der Waals surface area contributed by atoms with Crippen LogP contribution in [0.25, 0.3) is 0 Å². The Bertz CT molecular complexity index is 602. The number of rotatable bonds is 6. The van der Waals surface area contributed by atoms with Crippen molar-refractivity contribution in [2.45, 2.75) is 27.3 Å². The third-order valence-corrected chi connectivity index (χ3v) is 3.76. The molecule has 0 aliphatic heterocycles. The van der Waals surface area contributed by atoms with Gasteiger partial charge < -0.3 is 10.1 Å². The van der Waals surface area contributed by atoms with Gasteiger partial charge in [0.15, 0.2) is 0 Å². The molecule has 0 saturated heterocycles. The number of ether oxygens (including phenoxy) is 1. The fourth-order valence-electron chi connectivity index (χ4n) is 1.81. The average molecular weight is 350 g/mol. The normalized spacial score (nSPS) is 10.9. The number of halogens is 1. The lowest BCUT2D eigenvalue weighted by Gasteiger charge is -2.09. The number of hydrogen-bond acceptors (Lipinski definition) is 4. The van der Waals surface area contributed by atoms with Crippen LogP contribution in [0.2, 0.25) is 0 Å². The Morgan fingerprint density at radius 2 is 2.10 bits per heavy atom. The maximum absolute atomic E-state index is 5.76. The molecule has 4 nitrogen and oxygen atoms in total. The van der Waals surface area contributed by atoms with Crippen LogP contribution >= 0.6 is 15.9 Å². The van der Waals surface area contributed by atoms with Gasteiger partial charge >= 0.3 is 0 Å². The van der Waals surface area contributed by atoms with Crippen molar-refractivity contribution < 1.29 is 4.74 Å². The van der Waals surface area contributed by atoms with Crippen LogP contribution in [-0.2, 0) is 6.54 Å². The Labute approximate surface area is 134 Å². The predicted octanol–water partition coefficient (Wildman–Crippen LogP) is 4.09. The molecule has 0 aliphatic carbocycles. The van der Waals surface area contributed by atoms with E-state index in [1.807, 2.05) is 25.1 Å². The monoisotopic (exact) mass is 349 g/mol. The van der Waals surface area contributed by atoms with Crippen molar-refractivity contribution in [2.24, 2.45) is 5.92 Å². The van der Waals surface area contributed by atoms with Crippen LogP contribution in [0.1, 0.15) is 25.1 Å². The zero-order valence-corrected chi connectivity index (χ0v) is 14.1. The maximum Gasteiger partial charge on any atom is 0.238 e. The molecular formula is C16H20BrN3O. The first-order valence-electron chi connectivity index (χ1n) is 7.00. The van der Waals surface area contributed by atoms with Crippen molar-refractivity contribution in [1.82, 2.24) is 15.3 Å². The first-order chi connectivity index (χ1) is 10.0. The summed E-state index contributed by atoms with van der Waals surface area (Å²) in [7, 11) is 0. The Morgan fingerprint density at radius 1 is 1.29 bits per heavy atom. The van der Waals surface area contributed by atoms with Crippen molar-refractivity contribution in [1.29, 1.82) is 0 Å². The Hall–Kier alpha value is -1.46. The van der Waals surface area contributed by atoms with E-state index in [0.29, 0.717) is 18.3 Å². The van der Waals surface area contributed by atoms with E-state index in [1.165, 1.54) is 0 Å². The molecule has 21 heavy (non-hydrogen) atoms. The molecule has 0 unspecified atom stereocenters. The van der Waals surface area contributed by atoms with Crippen molar-refractivity contribution in [2.75, 3.05) is 6.54 Å². The lowest BCUT2D eigenvalue weighted by molar-refractivity contribution is 0.454. The zero-order valence-electron chi connectivity index (χ0n) is 12.6. The molecule has 1 heterocycles. The molecule has 0 radical (unpaired) electrons. The maximum atomic E-state index is 5.76. The van der Waals surface area contributed by atoms with Gasteiger partial charge in [-0.1, -0.05) is 29.8 Å². The van der Waals surface area contributed by atoms with Gasteiger partial charge in [-0.25, -0.2) is 4.98 Å². The average Bonchev–Trinajstić information content (AvgIpc) is 2.43. The minimum absolute atomic E-state index is 0.514. The minimum atomic E-state index is 0.514. The number of benzene rings is 1. The van der Waals surface area contributed by atoms with Gasteiger partial charge in [0.2, 0.25) is 5.88 Å². The number of hydrogen-bond donors (Lipinski definition) is 1. The summed E-state index contributed by atoms with van der Waals surface area (Å²) in [6, 6.07) is 5.84. The molecular weight excluding hydrogens is 330 g/mol. The fraction of sp³-hybridized carbons (Fsp3) is 0.375. The molecule has 0 saturated carbocycles. The van der Waals surface area contributed by atoms with Crippen LogP contribution in [0.3, 0.4) is 0 Å². The van der Waals surface area contributed by atoms with E-state index in [0.717, 1.165) is 28.0 Å². The second-order valence-corrected chi connectivity index (χ2v) is 6.24. The van der Waals surface area contributed by atoms with Gasteiger partial charge in [-0.2, -0.15) is 0 Å². The van der Waals surface area contributed by atoms with Gasteiger partial charge in [-0.15, -0.1) is 0 Å². The highest BCUT2D eigenvalue weighted by Gasteiger charge is 2.04. The lowest BCUT2D eigenvalue weighted by Crippen LogP contribution is -2.19. The molecule has 112 valence electrons. The van der Waals surface area contributed by atoms with Gasteiger partial charge in [0.25, 0.3) is 0 Å². The predicted molar refractivity (Wildman–Crippen MR) is 87.5 cm³/mol. The molecule has 0 amide bonds. The zero-order chi connectivity index (χ0) is 15.2. The van der Waals surface area contributed by atoms with E-state index in [-0.39, 0.29) is 0 Å². The molecule has 5 heteroatoms. The summed E-state index contributed by atoms with van der Waals surface area (Å²) in [6.45, 7) is 8.03. The Kier molecular flexibility index (Phi) is 5.70. The third-order valence-electron chi connectivity index (χ3n) is 2.87. The van der Waals surface area contributed by atoms with E-state index >= 15 is 0 Å². The van der Waals surface area contributed by atoms with Crippen molar-refractivity contribution in [3.63, 3.8) is 0 Å². The van der Waals surface area contributed by atoms with Gasteiger partial charge in [-0.05, 0) is 43.1 Å². The lowest BCUT2D eigenvalue weighted by atomic mass is 10.2. The van der Waals surface area contributed by atoms with Crippen LogP contribution in [-0.4, -0.2) is 16.5 Å².